The molecule has 1 saturated heterocycles. The minimum atomic E-state index is -1.77. The molecule has 8 rings (SSSR count). The van der Waals surface area contributed by atoms with Crippen molar-refractivity contribution in [1.82, 2.24) is 19.6 Å². The van der Waals surface area contributed by atoms with Crippen LogP contribution in [0.4, 0.5) is 0 Å². The summed E-state index contributed by atoms with van der Waals surface area (Å²) in [6.07, 6.45) is -7.98. The average Bonchev–Trinajstić information content (AvgIpc) is 3.72. The van der Waals surface area contributed by atoms with E-state index in [9.17, 15) is 45.0 Å². The summed E-state index contributed by atoms with van der Waals surface area (Å²) >= 11 is 0. The van der Waals surface area contributed by atoms with E-state index in [1.54, 1.807) is 6.07 Å². The summed E-state index contributed by atoms with van der Waals surface area (Å²) in [5, 5.41) is 65.3. The number of aromatic nitrogens is 3. The molecule has 0 bridgehead atoms. The van der Waals surface area contributed by atoms with Gasteiger partial charge in [-0.25, -0.2) is 9.78 Å². The van der Waals surface area contributed by atoms with Crippen LogP contribution in [0.15, 0.2) is 54.6 Å². The fourth-order valence-corrected chi connectivity index (χ4v) is 6.98. The number of pyridine rings is 1. The van der Waals surface area contributed by atoms with E-state index in [4.69, 9.17) is 14.3 Å². The SMILES string of the molecule is COC(=O)c1cccc(CON2C(=O)c3c(c4c5ccc(O)cc5n([C@@H]5O[C@H](CO)[C@@H](O)[C@H](O)[C@H]5O)c4c4[nH]c5cc(O)ccc5c34)C2=O)n1. The van der Waals surface area contributed by atoms with E-state index >= 15 is 0 Å². The quantitative estimate of drug-likeness (QED) is 0.0979. The predicted molar refractivity (Wildman–Crippen MR) is 172 cm³/mol. The van der Waals surface area contributed by atoms with Crippen LogP contribution in [0.3, 0.4) is 0 Å². The Morgan fingerprint density at radius 3 is 2.34 bits per heavy atom. The maximum absolute atomic E-state index is 14.4. The van der Waals surface area contributed by atoms with Gasteiger partial charge >= 0.3 is 5.97 Å². The Morgan fingerprint density at radius 1 is 0.920 bits per heavy atom. The lowest BCUT2D eigenvalue weighted by atomic mass is 9.96. The predicted octanol–water partition coefficient (Wildman–Crippen LogP) is 1.72. The highest BCUT2D eigenvalue weighted by atomic mass is 16.7. The number of aromatic hydroxyl groups is 2. The number of imide groups is 1. The number of aromatic amines is 1. The Balaban J connectivity index is 1.39. The number of amides is 2. The molecule has 5 heterocycles. The number of aliphatic hydroxyl groups is 4. The zero-order valence-electron chi connectivity index (χ0n) is 26.0. The van der Waals surface area contributed by atoms with Gasteiger partial charge in [0.2, 0.25) is 0 Å². The molecule has 0 saturated carbocycles. The maximum atomic E-state index is 14.4. The minimum absolute atomic E-state index is 0.00863. The highest BCUT2D eigenvalue weighted by molar-refractivity contribution is 6.39. The van der Waals surface area contributed by atoms with E-state index in [1.165, 1.54) is 60.2 Å². The average molecular weight is 685 g/mol. The number of hydrogen-bond donors (Lipinski definition) is 7. The molecule has 0 spiro atoms. The van der Waals surface area contributed by atoms with Crippen molar-refractivity contribution < 1.29 is 59.3 Å². The van der Waals surface area contributed by atoms with Crippen LogP contribution in [-0.4, -0.2) is 106 Å². The largest absolute Gasteiger partial charge is 0.508 e. The Bertz CT molecular complexity index is 2420. The van der Waals surface area contributed by atoms with Crippen molar-refractivity contribution in [2.75, 3.05) is 13.7 Å². The number of aliphatic hydroxyl groups excluding tert-OH is 4. The number of methoxy groups -OCH3 is 1. The van der Waals surface area contributed by atoms with Gasteiger partial charge in [-0.2, -0.15) is 0 Å². The van der Waals surface area contributed by atoms with Crippen LogP contribution in [0.25, 0.3) is 43.6 Å². The first-order valence-corrected chi connectivity index (χ1v) is 15.4. The van der Waals surface area contributed by atoms with Gasteiger partial charge in [0.15, 0.2) is 6.23 Å². The summed E-state index contributed by atoms with van der Waals surface area (Å²) in [5.74, 6) is -2.65. The molecule has 7 N–H and O–H groups in total. The lowest BCUT2D eigenvalue weighted by molar-refractivity contribution is -0.249. The van der Waals surface area contributed by atoms with Gasteiger partial charge in [-0.15, -0.1) is 5.06 Å². The van der Waals surface area contributed by atoms with Gasteiger partial charge in [-0.05, 0) is 36.4 Å². The summed E-state index contributed by atoms with van der Waals surface area (Å²) < 4.78 is 12.1. The molecule has 3 aromatic heterocycles. The van der Waals surface area contributed by atoms with Crippen LogP contribution in [0.5, 0.6) is 11.5 Å². The number of fused-ring (bicyclic) bond motifs is 10. The summed E-state index contributed by atoms with van der Waals surface area (Å²) in [6.45, 7) is -1.10. The maximum Gasteiger partial charge on any atom is 0.356 e. The lowest BCUT2D eigenvalue weighted by Gasteiger charge is -2.41. The third-order valence-corrected chi connectivity index (χ3v) is 9.22. The van der Waals surface area contributed by atoms with Crippen LogP contribution >= 0.6 is 0 Å². The second-order valence-corrected chi connectivity index (χ2v) is 12.1. The van der Waals surface area contributed by atoms with E-state index in [0.717, 1.165) is 0 Å². The molecular formula is C34H28N4O12. The van der Waals surface area contributed by atoms with Gasteiger partial charge in [0.05, 0.1) is 52.6 Å². The van der Waals surface area contributed by atoms with Gasteiger partial charge in [0.25, 0.3) is 11.8 Å². The number of esters is 1. The molecule has 2 amide bonds. The normalized spacial score (nSPS) is 22.3. The molecule has 1 fully saturated rings. The van der Waals surface area contributed by atoms with E-state index in [1.807, 2.05) is 0 Å². The third kappa shape index (κ3) is 4.47. The van der Waals surface area contributed by atoms with Crippen molar-refractivity contribution in [3.63, 3.8) is 0 Å². The van der Waals surface area contributed by atoms with Gasteiger partial charge in [0, 0.05) is 33.7 Å². The minimum Gasteiger partial charge on any atom is -0.508 e. The molecule has 6 aromatic rings. The van der Waals surface area contributed by atoms with E-state index < -0.39 is 55.0 Å². The number of nitrogens with zero attached hydrogens (tertiary/aromatic N) is 3. The van der Waals surface area contributed by atoms with E-state index in [2.05, 4.69) is 9.97 Å². The molecule has 2 aliphatic heterocycles. The van der Waals surface area contributed by atoms with Crippen LogP contribution in [0.1, 0.15) is 43.1 Å². The fraction of sp³-hybridized carbons (Fsp3) is 0.235. The number of phenols is 2. The molecule has 0 aliphatic carbocycles. The standard InChI is InChI=1S/C34H28N4O12/c1-48-34(47)18-4-2-3-13(35-18)12-49-38-31(45)24-22-16-7-5-14(40)9-19(16)36-26(22)27-23(25(24)32(38)46)17-8-6-15(41)10-20(17)37(27)33-30(44)29(43)28(42)21(11-39)50-33/h2-10,21,28-30,33,36,39-44H,11-12H2,1H3/t21-,28-,29+,30-,33-/m1/s1. The van der Waals surface area contributed by atoms with Crippen molar-refractivity contribution in [1.29, 1.82) is 0 Å². The topological polar surface area (TPSA) is 237 Å². The van der Waals surface area contributed by atoms with E-state index in [-0.39, 0.29) is 67.9 Å². The van der Waals surface area contributed by atoms with Crippen molar-refractivity contribution in [3.8, 4) is 11.5 Å². The molecule has 16 heteroatoms. The fourth-order valence-electron chi connectivity index (χ4n) is 6.98. The number of rotatable bonds is 6. The summed E-state index contributed by atoms with van der Waals surface area (Å²) in [6, 6.07) is 13.1. The van der Waals surface area contributed by atoms with Gasteiger partial charge in [-0.1, -0.05) is 6.07 Å². The molecule has 0 unspecified atom stereocenters. The van der Waals surface area contributed by atoms with Crippen molar-refractivity contribution in [2.24, 2.45) is 0 Å². The second-order valence-electron chi connectivity index (χ2n) is 12.1. The molecule has 50 heavy (non-hydrogen) atoms. The molecule has 2 aliphatic rings. The van der Waals surface area contributed by atoms with Crippen LogP contribution < -0.4 is 0 Å². The Labute approximate surface area is 279 Å². The molecule has 256 valence electrons. The smallest absolute Gasteiger partial charge is 0.356 e. The number of carbonyl (C=O) groups excluding carboxylic acids is 3. The Morgan fingerprint density at radius 2 is 1.62 bits per heavy atom. The number of ether oxygens (including phenoxy) is 2. The number of hydroxylamine groups is 2. The summed E-state index contributed by atoms with van der Waals surface area (Å²) in [5.41, 5.74) is 1.16. The number of phenolic OH excluding ortho intramolecular Hbond substituents is 2. The van der Waals surface area contributed by atoms with Crippen molar-refractivity contribution in [3.05, 3.63) is 77.1 Å². The third-order valence-electron chi connectivity index (χ3n) is 9.22. The Hall–Kier alpha value is -5.62. The first-order chi connectivity index (χ1) is 24.0. The van der Waals surface area contributed by atoms with Crippen LogP contribution in [0.2, 0.25) is 0 Å². The van der Waals surface area contributed by atoms with Crippen molar-refractivity contribution in [2.45, 2.75) is 37.3 Å². The number of H-pyrrole nitrogens is 1. The zero-order chi connectivity index (χ0) is 35.2. The summed E-state index contributed by atoms with van der Waals surface area (Å²) in [4.78, 5) is 53.8. The van der Waals surface area contributed by atoms with Gasteiger partial charge < -0.3 is 49.7 Å². The van der Waals surface area contributed by atoms with Crippen LogP contribution in [-0.2, 0) is 20.9 Å². The zero-order valence-corrected chi connectivity index (χ0v) is 26.0. The first-order valence-electron chi connectivity index (χ1n) is 15.4. The van der Waals surface area contributed by atoms with Gasteiger partial charge in [0.1, 0.15) is 48.2 Å². The first kappa shape index (κ1) is 31.6. The van der Waals surface area contributed by atoms with E-state index in [0.29, 0.717) is 21.4 Å². The number of hydrogen-bond acceptors (Lipinski definition) is 13. The van der Waals surface area contributed by atoms with Crippen molar-refractivity contribution >= 4 is 61.4 Å². The monoisotopic (exact) mass is 684 g/mol. The molecule has 16 nitrogen and oxygen atoms in total. The van der Waals surface area contributed by atoms with Crippen LogP contribution in [0, 0.1) is 0 Å². The Kier molecular flexibility index (Phi) is 7.26. The number of carbonyl (C=O) groups is 3. The molecular weight excluding hydrogens is 656 g/mol. The molecule has 3 aromatic carbocycles. The number of benzene rings is 3. The highest BCUT2D eigenvalue weighted by Gasteiger charge is 2.47. The van der Waals surface area contributed by atoms with Gasteiger partial charge in [-0.3, -0.25) is 14.4 Å². The molecule has 5 atom stereocenters. The molecule has 0 radical (unpaired) electrons. The highest BCUT2D eigenvalue weighted by Crippen LogP contribution is 2.48. The summed E-state index contributed by atoms with van der Waals surface area (Å²) in [7, 11) is 1.20. The lowest BCUT2D eigenvalue weighted by Crippen LogP contribution is -2.56. The number of nitrogens with one attached hydrogen (secondary N) is 1. The second kappa shape index (κ2) is 11.5.